The minimum absolute atomic E-state index is 0.206. The van der Waals surface area contributed by atoms with Crippen molar-refractivity contribution in [3.8, 4) is 11.5 Å². The molecular weight excluding hydrogens is 426 g/mol. The number of fused-ring (bicyclic) bond motifs is 1. The molecule has 0 atom stereocenters. The largest absolute Gasteiger partial charge is 0.497 e. The maximum Gasteiger partial charge on any atom is 0.261 e. The maximum atomic E-state index is 12.7. The average molecular weight is 450 g/mol. The summed E-state index contributed by atoms with van der Waals surface area (Å²) in [6.07, 6.45) is 0. The summed E-state index contributed by atoms with van der Waals surface area (Å²) in [4.78, 5) is 17.3. The van der Waals surface area contributed by atoms with Gasteiger partial charge in [0.25, 0.3) is 5.91 Å². The molecule has 0 unspecified atom stereocenters. The molecule has 8 nitrogen and oxygen atoms in total. The van der Waals surface area contributed by atoms with Crippen LogP contribution in [0.5, 0.6) is 11.5 Å². The molecule has 1 aromatic heterocycles. The molecule has 3 rings (SSSR count). The topological polar surface area (TPSA) is 97.8 Å². The first kappa shape index (κ1) is 22.0. The second kappa shape index (κ2) is 8.99. The number of benzene rings is 2. The number of hydrogen-bond acceptors (Lipinski definition) is 7. The number of ether oxygens (including phenoxy) is 2. The van der Waals surface area contributed by atoms with Crippen molar-refractivity contribution in [3.05, 3.63) is 42.0 Å². The van der Waals surface area contributed by atoms with Crippen molar-refractivity contribution in [3.63, 3.8) is 0 Å². The molecule has 1 heterocycles. The highest BCUT2D eigenvalue weighted by atomic mass is 32.2. The lowest BCUT2D eigenvalue weighted by molar-refractivity contribution is 0.102. The third-order valence-corrected chi connectivity index (χ3v) is 7.56. The first-order valence-electron chi connectivity index (χ1n) is 9.28. The van der Waals surface area contributed by atoms with Gasteiger partial charge in [0.1, 0.15) is 11.5 Å². The van der Waals surface area contributed by atoms with Crippen LogP contribution >= 0.6 is 11.3 Å². The van der Waals surface area contributed by atoms with Gasteiger partial charge in [0, 0.05) is 19.2 Å². The summed E-state index contributed by atoms with van der Waals surface area (Å²) in [6, 6.07) is 9.66. The van der Waals surface area contributed by atoms with Crippen molar-refractivity contribution in [1.82, 2.24) is 9.29 Å². The second-order valence-electron chi connectivity index (χ2n) is 6.26. The summed E-state index contributed by atoms with van der Waals surface area (Å²) in [5.74, 6) is 0.565. The molecule has 160 valence electrons. The standard InChI is InChI=1S/C20H23N3O5S2/c1-5-23(6-2)30(25,26)14-8-10-16-18(12-14)29-20(21-16)22-19(24)15-9-7-13(27-3)11-17(15)28-4/h7-12H,5-6H2,1-4H3,(H,21,22,24). The summed E-state index contributed by atoms with van der Waals surface area (Å²) in [6.45, 7) is 4.38. The molecule has 0 aliphatic carbocycles. The number of nitrogens with one attached hydrogen (secondary N) is 1. The van der Waals surface area contributed by atoms with Gasteiger partial charge < -0.3 is 9.47 Å². The number of aromatic nitrogens is 1. The molecule has 3 aromatic rings. The molecule has 0 bridgehead atoms. The fourth-order valence-electron chi connectivity index (χ4n) is 2.98. The number of methoxy groups -OCH3 is 2. The number of amides is 1. The van der Waals surface area contributed by atoms with E-state index in [-0.39, 0.29) is 10.8 Å². The lowest BCUT2D eigenvalue weighted by Crippen LogP contribution is -2.30. The third-order valence-electron chi connectivity index (χ3n) is 4.58. The molecule has 0 aliphatic rings. The van der Waals surface area contributed by atoms with Gasteiger partial charge in [-0.15, -0.1) is 0 Å². The van der Waals surface area contributed by atoms with Gasteiger partial charge in [-0.25, -0.2) is 13.4 Å². The lowest BCUT2D eigenvalue weighted by atomic mass is 10.2. The molecule has 1 N–H and O–H groups in total. The zero-order chi connectivity index (χ0) is 21.9. The molecule has 0 saturated heterocycles. The zero-order valence-electron chi connectivity index (χ0n) is 17.1. The van der Waals surface area contributed by atoms with Gasteiger partial charge in [-0.1, -0.05) is 25.2 Å². The van der Waals surface area contributed by atoms with Crippen LogP contribution in [-0.2, 0) is 10.0 Å². The van der Waals surface area contributed by atoms with E-state index in [0.717, 1.165) is 0 Å². The molecular formula is C20H23N3O5S2. The number of sulfonamides is 1. The first-order valence-corrected chi connectivity index (χ1v) is 11.5. The Bertz CT molecular complexity index is 1170. The van der Waals surface area contributed by atoms with Crippen molar-refractivity contribution in [2.24, 2.45) is 0 Å². The van der Waals surface area contributed by atoms with Gasteiger partial charge in [-0.3, -0.25) is 10.1 Å². The summed E-state index contributed by atoms with van der Waals surface area (Å²) in [7, 11) is -0.563. The van der Waals surface area contributed by atoms with E-state index in [9.17, 15) is 13.2 Å². The normalized spacial score (nSPS) is 11.6. The van der Waals surface area contributed by atoms with E-state index < -0.39 is 10.0 Å². The van der Waals surface area contributed by atoms with Crippen LogP contribution in [0.3, 0.4) is 0 Å². The van der Waals surface area contributed by atoms with E-state index in [4.69, 9.17) is 9.47 Å². The third kappa shape index (κ3) is 4.25. The Balaban J connectivity index is 1.89. The Morgan fingerprint density at radius 2 is 1.83 bits per heavy atom. The quantitative estimate of drug-likeness (QED) is 0.564. The summed E-state index contributed by atoms with van der Waals surface area (Å²) in [5.41, 5.74) is 0.942. The maximum absolute atomic E-state index is 12.7. The predicted molar refractivity (Wildman–Crippen MR) is 117 cm³/mol. The van der Waals surface area contributed by atoms with Crippen molar-refractivity contribution in [2.45, 2.75) is 18.7 Å². The Morgan fingerprint density at radius 1 is 1.10 bits per heavy atom. The first-order chi connectivity index (χ1) is 14.3. The number of anilines is 1. The molecule has 0 saturated carbocycles. The molecule has 30 heavy (non-hydrogen) atoms. The number of carbonyl (C=O) groups is 1. The Morgan fingerprint density at radius 3 is 2.47 bits per heavy atom. The van der Waals surface area contributed by atoms with Crippen LogP contribution in [0.1, 0.15) is 24.2 Å². The van der Waals surface area contributed by atoms with E-state index in [1.807, 2.05) is 0 Å². The van der Waals surface area contributed by atoms with E-state index in [0.29, 0.717) is 45.5 Å². The van der Waals surface area contributed by atoms with Gasteiger partial charge >= 0.3 is 0 Å². The lowest BCUT2D eigenvalue weighted by Gasteiger charge is -2.18. The minimum atomic E-state index is -3.57. The van der Waals surface area contributed by atoms with Crippen LogP contribution in [0.4, 0.5) is 5.13 Å². The zero-order valence-corrected chi connectivity index (χ0v) is 18.8. The number of hydrogen-bond donors (Lipinski definition) is 1. The van der Waals surface area contributed by atoms with Crippen molar-refractivity contribution >= 4 is 42.6 Å². The number of carbonyl (C=O) groups excluding carboxylic acids is 1. The minimum Gasteiger partial charge on any atom is -0.497 e. The van der Waals surface area contributed by atoms with Crippen molar-refractivity contribution in [1.29, 1.82) is 0 Å². The fourth-order valence-corrected chi connectivity index (χ4v) is 5.44. The van der Waals surface area contributed by atoms with Gasteiger partial charge in [-0.05, 0) is 30.3 Å². The SMILES string of the molecule is CCN(CC)S(=O)(=O)c1ccc2nc(NC(=O)c3ccc(OC)cc3OC)sc2c1. The predicted octanol–water partition coefficient (Wildman–Crippen LogP) is 3.60. The van der Waals surface area contributed by atoms with Crippen LogP contribution in [0.15, 0.2) is 41.3 Å². The van der Waals surface area contributed by atoms with Crippen molar-refractivity contribution in [2.75, 3.05) is 32.6 Å². The molecule has 2 aromatic carbocycles. The smallest absolute Gasteiger partial charge is 0.261 e. The average Bonchev–Trinajstić information content (AvgIpc) is 3.15. The number of thiazole rings is 1. The Labute approximate surface area is 179 Å². The van der Waals surface area contributed by atoms with E-state index in [1.54, 1.807) is 44.2 Å². The monoisotopic (exact) mass is 449 g/mol. The van der Waals surface area contributed by atoms with Crippen LogP contribution in [0, 0.1) is 0 Å². The molecule has 0 spiro atoms. The van der Waals surface area contributed by atoms with Crippen LogP contribution in [0.2, 0.25) is 0 Å². The van der Waals surface area contributed by atoms with E-state index in [1.165, 1.54) is 35.9 Å². The van der Waals surface area contributed by atoms with E-state index in [2.05, 4.69) is 10.3 Å². The van der Waals surface area contributed by atoms with Gasteiger partial charge in [-0.2, -0.15) is 4.31 Å². The molecule has 10 heteroatoms. The Kier molecular flexibility index (Phi) is 6.59. The van der Waals surface area contributed by atoms with Gasteiger partial charge in [0.2, 0.25) is 10.0 Å². The van der Waals surface area contributed by atoms with E-state index >= 15 is 0 Å². The van der Waals surface area contributed by atoms with Crippen LogP contribution in [0.25, 0.3) is 10.2 Å². The van der Waals surface area contributed by atoms with Gasteiger partial charge in [0.05, 0.1) is 34.9 Å². The number of nitrogens with zero attached hydrogens (tertiary/aromatic N) is 2. The van der Waals surface area contributed by atoms with Crippen molar-refractivity contribution < 1.29 is 22.7 Å². The molecule has 0 aliphatic heterocycles. The summed E-state index contributed by atoms with van der Waals surface area (Å²) >= 11 is 1.21. The highest BCUT2D eigenvalue weighted by Gasteiger charge is 2.22. The molecule has 0 radical (unpaired) electrons. The number of rotatable bonds is 8. The highest BCUT2D eigenvalue weighted by Crippen LogP contribution is 2.31. The van der Waals surface area contributed by atoms with Crippen LogP contribution in [-0.4, -0.2) is 50.9 Å². The fraction of sp³-hybridized carbons (Fsp3) is 0.300. The summed E-state index contributed by atoms with van der Waals surface area (Å²) < 4.78 is 38.0. The van der Waals surface area contributed by atoms with Gasteiger partial charge in [0.15, 0.2) is 5.13 Å². The van der Waals surface area contributed by atoms with Crippen LogP contribution < -0.4 is 14.8 Å². The highest BCUT2D eigenvalue weighted by molar-refractivity contribution is 7.89. The molecule has 0 fully saturated rings. The molecule has 1 amide bonds. The second-order valence-corrected chi connectivity index (χ2v) is 9.23. The summed E-state index contributed by atoms with van der Waals surface area (Å²) in [5, 5.41) is 3.12. The Hall–Kier alpha value is -2.69.